The Labute approximate surface area is 60.5 Å². The molecule has 2 rings (SSSR count). The van der Waals surface area contributed by atoms with Crippen LogP contribution < -0.4 is 5.32 Å². The lowest BCUT2D eigenvalue weighted by molar-refractivity contribution is 0.662. The van der Waals surface area contributed by atoms with E-state index in [1.54, 1.807) is 0 Å². The Bertz CT molecular complexity index is 206. The molecule has 0 spiro atoms. The van der Waals surface area contributed by atoms with Crippen molar-refractivity contribution in [1.82, 2.24) is 5.32 Å². The van der Waals surface area contributed by atoms with Crippen molar-refractivity contribution in [3.63, 3.8) is 0 Å². The Balaban J connectivity index is 2.11. The average Bonchev–Trinajstić information content (AvgIpc) is 2.42. The zero-order valence-corrected chi connectivity index (χ0v) is 5.85. The molecule has 2 aliphatic rings. The van der Waals surface area contributed by atoms with E-state index in [1.807, 2.05) is 0 Å². The highest BCUT2D eigenvalue weighted by Crippen LogP contribution is 2.32. The second-order valence-corrected chi connectivity index (χ2v) is 3.04. The summed E-state index contributed by atoms with van der Waals surface area (Å²) in [6.07, 6.45) is 2.05. The van der Waals surface area contributed by atoms with Crippen LogP contribution in [0.5, 0.6) is 0 Å². The predicted molar refractivity (Wildman–Crippen MR) is 38.2 cm³/mol. The predicted octanol–water partition coefficient (Wildman–Crippen LogP) is 0.820. The Morgan fingerprint density at radius 2 is 1.90 bits per heavy atom. The Morgan fingerprint density at radius 1 is 1.30 bits per heavy atom. The molecule has 0 bridgehead atoms. The average molecular weight is 134 g/mol. The number of rotatable bonds is 0. The monoisotopic (exact) mass is 134 g/mol. The van der Waals surface area contributed by atoms with Crippen molar-refractivity contribution in [1.29, 1.82) is 5.26 Å². The van der Waals surface area contributed by atoms with Crippen molar-refractivity contribution in [2.24, 2.45) is 5.92 Å². The largest absolute Gasteiger partial charge is 0.309 e. The molecule has 1 N–H and O–H groups in total. The molecule has 0 amide bonds. The molecule has 0 saturated carbocycles. The fourth-order valence-electron chi connectivity index (χ4n) is 1.81. The van der Waals surface area contributed by atoms with E-state index in [4.69, 9.17) is 5.26 Å². The quantitative estimate of drug-likeness (QED) is 0.498. The van der Waals surface area contributed by atoms with Gasteiger partial charge in [-0.05, 0) is 12.8 Å². The zero-order valence-electron chi connectivity index (χ0n) is 5.85. The number of nitrogens with one attached hydrogen (secondary N) is 1. The van der Waals surface area contributed by atoms with Crippen LogP contribution in [-0.2, 0) is 0 Å². The van der Waals surface area contributed by atoms with E-state index in [1.165, 1.54) is 11.1 Å². The molecule has 0 atom stereocenters. The molecule has 52 valence electrons. The fraction of sp³-hybridized carbons (Fsp3) is 0.625. The lowest BCUT2D eigenvalue weighted by atomic mass is 10.1. The highest BCUT2D eigenvalue weighted by atomic mass is 14.9. The molecule has 0 fully saturated rings. The van der Waals surface area contributed by atoms with Crippen molar-refractivity contribution >= 4 is 0 Å². The summed E-state index contributed by atoms with van der Waals surface area (Å²) in [7, 11) is 0. The number of nitriles is 1. The number of nitrogens with zero attached hydrogens (tertiary/aromatic N) is 1. The summed E-state index contributed by atoms with van der Waals surface area (Å²) < 4.78 is 0. The first-order chi connectivity index (χ1) is 4.90. The first-order valence-electron chi connectivity index (χ1n) is 3.70. The molecule has 0 unspecified atom stereocenters. The molecule has 0 aromatic heterocycles. The smallest absolute Gasteiger partial charge is 0.0662 e. The van der Waals surface area contributed by atoms with Gasteiger partial charge in [-0.3, -0.25) is 0 Å². The van der Waals surface area contributed by atoms with Crippen LogP contribution in [0.3, 0.4) is 0 Å². The molecular weight excluding hydrogens is 124 g/mol. The molecule has 10 heavy (non-hydrogen) atoms. The van der Waals surface area contributed by atoms with E-state index in [0.717, 1.165) is 25.9 Å². The maximum Gasteiger partial charge on any atom is 0.0662 e. The molecule has 0 saturated heterocycles. The summed E-state index contributed by atoms with van der Waals surface area (Å²) >= 11 is 0. The van der Waals surface area contributed by atoms with E-state index in [9.17, 15) is 0 Å². The molecule has 2 nitrogen and oxygen atoms in total. The minimum Gasteiger partial charge on any atom is -0.309 e. The van der Waals surface area contributed by atoms with Gasteiger partial charge in [-0.2, -0.15) is 5.26 Å². The summed E-state index contributed by atoms with van der Waals surface area (Å²) in [4.78, 5) is 0. The van der Waals surface area contributed by atoms with E-state index in [2.05, 4.69) is 11.4 Å². The lowest BCUT2D eigenvalue weighted by Crippen LogP contribution is -2.12. The third kappa shape index (κ3) is 0.748. The standard InChI is InChI=1S/C8H10N2/c9-3-6-1-7-4-10-5-8(7)2-6/h6,10H,1-2,4-5H2. The van der Waals surface area contributed by atoms with E-state index < -0.39 is 0 Å². The van der Waals surface area contributed by atoms with Crippen LogP contribution in [0, 0.1) is 17.2 Å². The van der Waals surface area contributed by atoms with Gasteiger partial charge in [0.05, 0.1) is 12.0 Å². The van der Waals surface area contributed by atoms with E-state index in [0.29, 0.717) is 5.92 Å². The van der Waals surface area contributed by atoms with Crippen molar-refractivity contribution in [3.05, 3.63) is 11.1 Å². The van der Waals surface area contributed by atoms with E-state index >= 15 is 0 Å². The van der Waals surface area contributed by atoms with Gasteiger partial charge in [0, 0.05) is 13.1 Å². The second kappa shape index (κ2) is 2.10. The molecule has 1 aliphatic carbocycles. The van der Waals surface area contributed by atoms with Crippen molar-refractivity contribution in [3.8, 4) is 6.07 Å². The van der Waals surface area contributed by atoms with Crippen LogP contribution in [0.15, 0.2) is 11.1 Å². The van der Waals surface area contributed by atoms with Crippen LogP contribution in [-0.4, -0.2) is 13.1 Å². The van der Waals surface area contributed by atoms with Crippen molar-refractivity contribution in [2.45, 2.75) is 12.8 Å². The molecule has 0 radical (unpaired) electrons. The summed E-state index contributed by atoms with van der Waals surface area (Å²) in [5.41, 5.74) is 3.01. The van der Waals surface area contributed by atoms with E-state index in [-0.39, 0.29) is 0 Å². The van der Waals surface area contributed by atoms with Crippen LogP contribution in [0.1, 0.15) is 12.8 Å². The summed E-state index contributed by atoms with van der Waals surface area (Å²) in [6, 6.07) is 2.32. The van der Waals surface area contributed by atoms with Gasteiger partial charge in [-0.25, -0.2) is 0 Å². The van der Waals surface area contributed by atoms with Crippen LogP contribution in [0.4, 0.5) is 0 Å². The number of hydrogen-bond donors (Lipinski definition) is 1. The Hall–Kier alpha value is -0.810. The van der Waals surface area contributed by atoms with Crippen molar-refractivity contribution in [2.75, 3.05) is 13.1 Å². The third-order valence-electron chi connectivity index (χ3n) is 2.34. The zero-order chi connectivity index (χ0) is 6.97. The number of hydrogen-bond acceptors (Lipinski definition) is 2. The highest BCUT2D eigenvalue weighted by molar-refractivity contribution is 5.30. The Kier molecular flexibility index (Phi) is 1.25. The van der Waals surface area contributed by atoms with Gasteiger partial charge >= 0.3 is 0 Å². The van der Waals surface area contributed by atoms with Gasteiger partial charge in [0.15, 0.2) is 0 Å². The van der Waals surface area contributed by atoms with Crippen LogP contribution in [0.25, 0.3) is 0 Å². The van der Waals surface area contributed by atoms with Gasteiger partial charge in [-0.15, -0.1) is 0 Å². The molecule has 1 aliphatic heterocycles. The molecule has 0 aromatic carbocycles. The summed E-state index contributed by atoms with van der Waals surface area (Å²) in [6.45, 7) is 2.07. The minimum absolute atomic E-state index is 0.298. The summed E-state index contributed by atoms with van der Waals surface area (Å²) in [5.74, 6) is 0.298. The SMILES string of the molecule is N#CC1CC2=C(CNC2)C1. The maximum absolute atomic E-state index is 8.62. The molecule has 2 heteroatoms. The maximum atomic E-state index is 8.62. The third-order valence-corrected chi connectivity index (χ3v) is 2.34. The highest BCUT2D eigenvalue weighted by Gasteiger charge is 2.26. The fourth-order valence-corrected chi connectivity index (χ4v) is 1.81. The van der Waals surface area contributed by atoms with Gasteiger partial charge in [0.25, 0.3) is 0 Å². The lowest BCUT2D eigenvalue weighted by Gasteiger charge is -2.00. The summed E-state index contributed by atoms with van der Waals surface area (Å²) in [5, 5.41) is 11.9. The van der Waals surface area contributed by atoms with Gasteiger partial charge in [0.2, 0.25) is 0 Å². The van der Waals surface area contributed by atoms with Crippen LogP contribution in [0.2, 0.25) is 0 Å². The Morgan fingerprint density at radius 3 is 2.40 bits per heavy atom. The molecule has 1 heterocycles. The van der Waals surface area contributed by atoms with Gasteiger partial charge in [-0.1, -0.05) is 11.1 Å². The normalized spacial score (nSPS) is 25.1. The second-order valence-electron chi connectivity index (χ2n) is 3.04. The van der Waals surface area contributed by atoms with Gasteiger partial charge < -0.3 is 5.32 Å². The molecular formula is C8H10N2. The first-order valence-corrected chi connectivity index (χ1v) is 3.70. The van der Waals surface area contributed by atoms with Gasteiger partial charge in [0.1, 0.15) is 0 Å². The topological polar surface area (TPSA) is 35.8 Å². The first kappa shape index (κ1) is 5.94. The van der Waals surface area contributed by atoms with Crippen molar-refractivity contribution < 1.29 is 0 Å². The molecule has 0 aromatic rings. The minimum atomic E-state index is 0.298. The van der Waals surface area contributed by atoms with Crippen LogP contribution >= 0.6 is 0 Å².